The van der Waals surface area contributed by atoms with Gasteiger partial charge in [-0.3, -0.25) is 19.8 Å². The van der Waals surface area contributed by atoms with Crippen LogP contribution in [0.15, 0.2) is 24.3 Å². The minimum atomic E-state index is -5.24. The Hall–Kier alpha value is -2.78. The average Bonchev–Trinajstić information content (AvgIpc) is 2.95. The summed E-state index contributed by atoms with van der Waals surface area (Å²) in [5.41, 5.74) is -3.63. The molecule has 10 heteroatoms. The Bertz CT molecular complexity index is 887. The predicted octanol–water partition coefficient (Wildman–Crippen LogP) is 3.84. The number of nitrogens with one attached hydrogen (secondary N) is 2. The molecule has 0 spiro atoms. The predicted molar refractivity (Wildman–Crippen MR) is 110 cm³/mol. The number of carbonyl (C=O) groups excluding carboxylic acids is 3. The summed E-state index contributed by atoms with van der Waals surface area (Å²) in [4.78, 5) is 39.0. The normalized spacial score (nSPS) is 28.6. The van der Waals surface area contributed by atoms with E-state index in [-0.39, 0.29) is 23.5 Å². The van der Waals surface area contributed by atoms with Crippen molar-refractivity contribution in [1.29, 1.82) is 0 Å². The van der Waals surface area contributed by atoms with Crippen LogP contribution in [0, 0.1) is 11.8 Å². The molecule has 2 N–H and O–H groups in total. The number of halogens is 3. The first kappa shape index (κ1) is 23.9. The van der Waals surface area contributed by atoms with E-state index < -0.39 is 35.7 Å². The number of hydrogen-bond acceptors (Lipinski definition) is 4. The molecule has 32 heavy (non-hydrogen) atoms. The fourth-order valence-corrected chi connectivity index (χ4v) is 4.31. The van der Waals surface area contributed by atoms with E-state index in [4.69, 9.17) is 4.74 Å². The third-order valence-corrected chi connectivity index (χ3v) is 6.26. The monoisotopic (exact) mass is 455 g/mol. The van der Waals surface area contributed by atoms with Gasteiger partial charge in [0.2, 0.25) is 0 Å². The van der Waals surface area contributed by atoms with Gasteiger partial charge >= 0.3 is 12.2 Å². The summed E-state index contributed by atoms with van der Waals surface area (Å²) < 4.78 is 47.9. The van der Waals surface area contributed by atoms with E-state index >= 15 is 0 Å². The molecular weight excluding hydrogens is 427 g/mol. The topological polar surface area (TPSA) is 87.7 Å². The first-order valence-electron chi connectivity index (χ1n) is 10.7. The number of imide groups is 1. The van der Waals surface area contributed by atoms with Gasteiger partial charge in [-0.15, -0.1) is 0 Å². The van der Waals surface area contributed by atoms with Crippen molar-refractivity contribution in [1.82, 2.24) is 15.5 Å². The van der Waals surface area contributed by atoms with Crippen molar-refractivity contribution in [2.75, 3.05) is 0 Å². The molecule has 7 nitrogen and oxygen atoms in total. The molecule has 2 fully saturated rings. The first-order valence-corrected chi connectivity index (χ1v) is 10.7. The number of benzene rings is 1. The van der Waals surface area contributed by atoms with Gasteiger partial charge in [-0.05, 0) is 56.4 Å². The Morgan fingerprint density at radius 1 is 1.19 bits per heavy atom. The fourth-order valence-electron chi connectivity index (χ4n) is 4.31. The van der Waals surface area contributed by atoms with E-state index in [9.17, 15) is 27.6 Å². The second-order valence-corrected chi connectivity index (χ2v) is 8.83. The molecule has 0 aromatic heterocycles. The molecular formula is C22H28F3N3O4. The van der Waals surface area contributed by atoms with E-state index in [1.807, 2.05) is 27.7 Å². The lowest BCUT2D eigenvalue weighted by Crippen LogP contribution is -2.69. The molecule has 1 heterocycles. The van der Waals surface area contributed by atoms with E-state index in [0.29, 0.717) is 23.5 Å². The first-order chi connectivity index (χ1) is 14.9. The molecule has 1 aromatic carbocycles. The molecule has 2 aliphatic rings. The number of amides is 4. The molecule has 0 bridgehead atoms. The Morgan fingerprint density at radius 3 is 2.38 bits per heavy atom. The SMILES string of the molecule is CC(C)Oc1ccc(C(=O)N[C@@]2(C(F)(F)F)NC(=O)N([C@H]3CCC[C@@H](C)[C@H]3C)C2=O)cc1. The highest BCUT2D eigenvalue weighted by Gasteiger charge is 2.69. The van der Waals surface area contributed by atoms with Crippen LogP contribution in [0.2, 0.25) is 0 Å². The maximum absolute atomic E-state index is 14.1. The van der Waals surface area contributed by atoms with Gasteiger partial charge in [-0.1, -0.05) is 26.7 Å². The summed E-state index contributed by atoms with van der Waals surface area (Å²) in [6, 6.07) is 3.66. The second kappa shape index (κ2) is 8.63. The van der Waals surface area contributed by atoms with E-state index in [1.54, 1.807) is 10.6 Å². The third-order valence-electron chi connectivity index (χ3n) is 6.26. The summed E-state index contributed by atoms with van der Waals surface area (Å²) in [5.74, 6) is -2.21. The third kappa shape index (κ3) is 4.27. The quantitative estimate of drug-likeness (QED) is 0.661. The van der Waals surface area contributed by atoms with Crippen LogP contribution in [0.1, 0.15) is 57.3 Å². The minimum absolute atomic E-state index is 0.107. The van der Waals surface area contributed by atoms with Gasteiger partial charge in [-0.25, -0.2) is 4.79 Å². The van der Waals surface area contributed by atoms with Crippen molar-refractivity contribution in [3.05, 3.63) is 29.8 Å². The molecule has 1 aromatic rings. The van der Waals surface area contributed by atoms with Gasteiger partial charge in [0.1, 0.15) is 5.75 Å². The van der Waals surface area contributed by atoms with Gasteiger partial charge in [0, 0.05) is 11.6 Å². The van der Waals surface area contributed by atoms with Crippen LogP contribution in [0.3, 0.4) is 0 Å². The van der Waals surface area contributed by atoms with Crippen LogP contribution in [-0.4, -0.2) is 46.7 Å². The van der Waals surface area contributed by atoms with Crippen molar-refractivity contribution < 1.29 is 32.3 Å². The maximum atomic E-state index is 14.1. The van der Waals surface area contributed by atoms with Gasteiger partial charge in [0.15, 0.2) is 0 Å². The molecule has 4 amide bonds. The van der Waals surface area contributed by atoms with Crippen molar-refractivity contribution >= 4 is 17.8 Å². The van der Waals surface area contributed by atoms with Crippen molar-refractivity contribution in [3.63, 3.8) is 0 Å². The summed E-state index contributed by atoms with van der Waals surface area (Å²) in [6.45, 7) is 7.38. The van der Waals surface area contributed by atoms with E-state index in [1.165, 1.54) is 24.3 Å². The van der Waals surface area contributed by atoms with Crippen LogP contribution in [0.25, 0.3) is 0 Å². The maximum Gasteiger partial charge on any atom is 0.440 e. The smallest absolute Gasteiger partial charge is 0.440 e. The molecule has 4 atom stereocenters. The fraction of sp³-hybridized carbons (Fsp3) is 0.591. The molecule has 176 valence electrons. The standard InChI is InChI=1S/C22H28F3N3O4/c1-12(2)32-16-10-8-15(9-11-16)18(29)26-21(22(23,24)25)19(30)28(20(31)27-21)17-7-5-6-13(3)14(17)4/h8-14,17H,5-7H2,1-4H3,(H,26,29)(H,27,31)/t13-,14-,17+,21-/m1/s1. The number of carbonyl (C=O) groups is 3. The number of rotatable bonds is 5. The van der Waals surface area contributed by atoms with Crippen LogP contribution in [-0.2, 0) is 4.79 Å². The number of ether oxygens (including phenoxy) is 1. The Labute approximate surface area is 184 Å². The molecule has 0 radical (unpaired) electrons. The summed E-state index contributed by atoms with van der Waals surface area (Å²) in [5, 5.41) is 3.49. The molecule has 1 saturated heterocycles. The summed E-state index contributed by atoms with van der Waals surface area (Å²) >= 11 is 0. The van der Waals surface area contributed by atoms with Crippen LogP contribution in [0.5, 0.6) is 5.75 Å². The average molecular weight is 455 g/mol. The second-order valence-electron chi connectivity index (χ2n) is 8.83. The zero-order valence-corrected chi connectivity index (χ0v) is 18.5. The highest BCUT2D eigenvalue weighted by Crippen LogP contribution is 2.39. The van der Waals surface area contributed by atoms with Gasteiger partial charge in [0.05, 0.1) is 6.10 Å². The highest BCUT2D eigenvalue weighted by molar-refractivity contribution is 6.10. The van der Waals surface area contributed by atoms with Gasteiger partial charge < -0.3 is 10.1 Å². The molecule has 0 unspecified atom stereocenters. The lowest BCUT2D eigenvalue weighted by Gasteiger charge is -2.38. The molecule has 1 saturated carbocycles. The molecule has 1 aliphatic carbocycles. The van der Waals surface area contributed by atoms with Gasteiger partial charge in [-0.2, -0.15) is 13.2 Å². The zero-order valence-electron chi connectivity index (χ0n) is 18.5. The summed E-state index contributed by atoms with van der Waals surface area (Å²) in [7, 11) is 0. The lowest BCUT2D eigenvalue weighted by molar-refractivity contribution is -0.201. The number of urea groups is 1. The Balaban J connectivity index is 1.88. The van der Waals surface area contributed by atoms with E-state index in [0.717, 1.165) is 6.42 Å². The molecule has 3 rings (SSSR count). The number of hydrogen-bond donors (Lipinski definition) is 2. The van der Waals surface area contributed by atoms with Crippen LogP contribution in [0.4, 0.5) is 18.0 Å². The van der Waals surface area contributed by atoms with Crippen molar-refractivity contribution in [3.8, 4) is 5.75 Å². The number of alkyl halides is 3. The van der Waals surface area contributed by atoms with Gasteiger partial charge in [0.25, 0.3) is 17.5 Å². The molecule has 1 aliphatic heterocycles. The lowest BCUT2D eigenvalue weighted by atomic mass is 9.77. The van der Waals surface area contributed by atoms with Crippen LogP contribution >= 0.6 is 0 Å². The zero-order chi connectivity index (χ0) is 23.8. The highest BCUT2D eigenvalue weighted by atomic mass is 19.4. The minimum Gasteiger partial charge on any atom is -0.491 e. The van der Waals surface area contributed by atoms with Crippen LogP contribution < -0.4 is 15.4 Å². The summed E-state index contributed by atoms with van der Waals surface area (Å²) in [6.07, 6.45) is -3.37. The Kier molecular flexibility index (Phi) is 6.44. The van der Waals surface area contributed by atoms with Crippen molar-refractivity contribution in [2.45, 2.75) is 70.9 Å². The number of nitrogens with zero attached hydrogens (tertiary/aromatic N) is 1. The van der Waals surface area contributed by atoms with E-state index in [2.05, 4.69) is 0 Å². The largest absolute Gasteiger partial charge is 0.491 e. The Morgan fingerprint density at radius 2 is 1.81 bits per heavy atom. The van der Waals surface area contributed by atoms with Crippen molar-refractivity contribution in [2.24, 2.45) is 11.8 Å².